The number of nitrogens with zero attached hydrogens (tertiary/aromatic N) is 1. The van der Waals surface area contributed by atoms with Gasteiger partial charge in [-0.1, -0.05) is 0 Å². The number of rotatable bonds is 5. The van der Waals surface area contributed by atoms with Gasteiger partial charge < -0.3 is 14.8 Å². The summed E-state index contributed by atoms with van der Waals surface area (Å²) in [7, 11) is 3.13. The zero-order valence-electron chi connectivity index (χ0n) is 13.5. The molecule has 1 N–H and O–H groups in total. The lowest BCUT2D eigenvalue weighted by Gasteiger charge is -2.35. The van der Waals surface area contributed by atoms with Crippen LogP contribution in [0.2, 0.25) is 0 Å². The van der Waals surface area contributed by atoms with Crippen molar-refractivity contribution >= 4 is 24.8 Å². The van der Waals surface area contributed by atoms with Crippen molar-refractivity contribution in [3.05, 3.63) is 23.5 Å². The van der Waals surface area contributed by atoms with Crippen LogP contribution in [0.1, 0.15) is 24.4 Å². The van der Waals surface area contributed by atoms with Gasteiger partial charge in [-0.2, -0.15) is 0 Å². The molecule has 0 bridgehead atoms. The third kappa shape index (κ3) is 4.41. The van der Waals surface area contributed by atoms with Gasteiger partial charge in [0, 0.05) is 43.9 Å². The van der Waals surface area contributed by atoms with Crippen LogP contribution in [0.25, 0.3) is 0 Å². The predicted octanol–water partition coefficient (Wildman–Crippen LogP) is 3.04. The van der Waals surface area contributed by atoms with E-state index < -0.39 is 0 Å². The van der Waals surface area contributed by atoms with Gasteiger partial charge in [-0.3, -0.25) is 4.90 Å². The summed E-state index contributed by atoms with van der Waals surface area (Å²) in [6.45, 7) is 3.88. The number of hydrogen-bond donors (Lipinski definition) is 1. The van der Waals surface area contributed by atoms with Gasteiger partial charge >= 0.3 is 0 Å². The second kappa shape index (κ2) is 8.92. The smallest absolute Gasteiger partial charge is 0.163 e. The van der Waals surface area contributed by atoms with Crippen LogP contribution in [0, 0.1) is 11.7 Å². The van der Waals surface area contributed by atoms with E-state index in [0.29, 0.717) is 17.4 Å². The van der Waals surface area contributed by atoms with Crippen LogP contribution in [0.5, 0.6) is 11.5 Å². The molecule has 0 aromatic heterocycles. The largest absolute Gasteiger partial charge is 0.493 e. The van der Waals surface area contributed by atoms with Crippen molar-refractivity contribution in [2.45, 2.75) is 18.9 Å². The first-order valence-electron chi connectivity index (χ1n) is 7.60. The maximum atomic E-state index is 14.6. The molecule has 23 heavy (non-hydrogen) atoms. The molecule has 1 saturated carbocycles. The Balaban J connectivity index is 0.00000132. The van der Waals surface area contributed by atoms with Crippen LogP contribution in [0.15, 0.2) is 12.1 Å². The van der Waals surface area contributed by atoms with E-state index in [9.17, 15) is 4.39 Å². The van der Waals surface area contributed by atoms with Crippen molar-refractivity contribution in [1.29, 1.82) is 0 Å². The lowest BCUT2D eigenvalue weighted by molar-refractivity contribution is 0.152. The first-order valence-corrected chi connectivity index (χ1v) is 7.60. The maximum Gasteiger partial charge on any atom is 0.163 e. The topological polar surface area (TPSA) is 33.7 Å². The van der Waals surface area contributed by atoms with Crippen LogP contribution in [0.4, 0.5) is 4.39 Å². The monoisotopic (exact) mass is 366 g/mol. The number of nitrogens with one attached hydrogen (secondary N) is 1. The summed E-state index contributed by atoms with van der Waals surface area (Å²) in [6.07, 6.45) is 2.37. The average molecular weight is 367 g/mol. The molecule has 1 aromatic rings. The number of benzene rings is 1. The Morgan fingerprint density at radius 1 is 1.09 bits per heavy atom. The number of piperazine rings is 1. The van der Waals surface area contributed by atoms with Gasteiger partial charge in [-0.25, -0.2) is 4.39 Å². The molecule has 0 spiro atoms. The highest BCUT2D eigenvalue weighted by atomic mass is 35.5. The van der Waals surface area contributed by atoms with E-state index in [1.54, 1.807) is 7.11 Å². The molecular formula is C16H25Cl2FN2O2. The minimum absolute atomic E-state index is 0. The molecule has 4 nitrogen and oxygen atoms in total. The van der Waals surface area contributed by atoms with E-state index in [2.05, 4.69) is 10.2 Å². The Morgan fingerprint density at radius 3 is 2.17 bits per heavy atom. The molecule has 2 fully saturated rings. The SMILES string of the molecule is COc1cc(F)c([C@H](C2CC2)N2CCNCC2)cc1OC.Cl.Cl. The van der Waals surface area contributed by atoms with Crippen LogP contribution in [-0.2, 0) is 0 Å². The molecular weight excluding hydrogens is 342 g/mol. The molecule has 0 radical (unpaired) electrons. The molecule has 0 amide bonds. The Labute approximate surface area is 149 Å². The summed E-state index contributed by atoms with van der Waals surface area (Å²) in [5.74, 6) is 1.43. The van der Waals surface area contributed by atoms with Crippen molar-refractivity contribution in [3.8, 4) is 11.5 Å². The van der Waals surface area contributed by atoms with E-state index in [4.69, 9.17) is 9.47 Å². The molecule has 1 heterocycles. The first kappa shape index (κ1) is 20.3. The molecule has 1 atom stereocenters. The summed E-state index contributed by atoms with van der Waals surface area (Å²) in [5, 5.41) is 3.36. The average Bonchev–Trinajstić information content (AvgIpc) is 3.34. The lowest BCUT2D eigenvalue weighted by atomic mass is 9.98. The highest BCUT2D eigenvalue weighted by Gasteiger charge is 2.38. The van der Waals surface area contributed by atoms with Gasteiger partial charge in [0.25, 0.3) is 0 Å². The maximum absolute atomic E-state index is 14.6. The standard InChI is InChI=1S/C16H23FN2O2.2ClH/c1-20-14-9-12(13(17)10-15(14)21-2)16(11-3-4-11)19-7-5-18-6-8-19;;/h9-11,16,18H,3-8H2,1-2H3;2*1H/t16-;;/m0../s1. The Morgan fingerprint density at radius 2 is 1.65 bits per heavy atom. The molecule has 1 saturated heterocycles. The van der Waals surface area contributed by atoms with E-state index in [-0.39, 0.29) is 36.7 Å². The van der Waals surface area contributed by atoms with Gasteiger partial charge in [0.05, 0.1) is 14.2 Å². The zero-order valence-corrected chi connectivity index (χ0v) is 15.1. The summed E-state index contributed by atoms with van der Waals surface area (Å²) < 4.78 is 25.1. The summed E-state index contributed by atoms with van der Waals surface area (Å²) in [6, 6.07) is 3.43. The minimum atomic E-state index is -0.192. The van der Waals surface area contributed by atoms with Gasteiger partial charge in [0.2, 0.25) is 0 Å². The molecule has 132 valence electrons. The highest BCUT2D eigenvalue weighted by molar-refractivity contribution is 5.85. The summed E-state index contributed by atoms with van der Waals surface area (Å²) in [4.78, 5) is 2.40. The van der Waals surface area contributed by atoms with Gasteiger partial charge in [-0.05, 0) is 24.8 Å². The van der Waals surface area contributed by atoms with Crippen molar-refractivity contribution in [1.82, 2.24) is 10.2 Å². The molecule has 7 heteroatoms. The number of hydrogen-bond acceptors (Lipinski definition) is 4. The van der Waals surface area contributed by atoms with Crippen molar-refractivity contribution < 1.29 is 13.9 Å². The van der Waals surface area contributed by atoms with Crippen LogP contribution >= 0.6 is 24.8 Å². The summed E-state index contributed by atoms with van der Waals surface area (Å²) >= 11 is 0. The fourth-order valence-corrected chi connectivity index (χ4v) is 3.22. The Kier molecular flexibility index (Phi) is 7.87. The predicted molar refractivity (Wildman–Crippen MR) is 93.9 cm³/mol. The van der Waals surface area contributed by atoms with Crippen LogP contribution < -0.4 is 14.8 Å². The molecule has 2 aliphatic rings. The normalized spacial score (nSPS) is 19.3. The fourth-order valence-electron chi connectivity index (χ4n) is 3.22. The molecule has 1 aliphatic heterocycles. The first-order chi connectivity index (χ1) is 10.2. The number of halogens is 3. The van der Waals surface area contributed by atoms with E-state index in [1.165, 1.54) is 26.0 Å². The number of methoxy groups -OCH3 is 2. The highest BCUT2D eigenvalue weighted by Crippen LogP contribution is 2.47. The molecule has 0 unspecified atom stereocenters. The van der Waals surface area contributed by atoms with Crippen molar-refractivity contribution in [2.75, 3.05) is 40.4 Å². The summed E-state index contributed by atoms with van der Waals surface area (Å²) in [5.41, 5.74) is 0.747. The second-order valence-corrected chi connectivity index (χ2v) is 5.80. The van der Waals surface area contributed by atoms with E-state index >= 15 is 0 Å². The Hall–Kier alpha value is -0.750. The quantitative estimate of drug-likeness (QED) is 0.868. The third-order valence-electron chi connectivity index (χ3n) is 4.44. The third-order valence-corrected chi connectivity index (χ3v) is 4.44. The van der Waals surface area contributed by atoms with Gasteiger partial charge in [-0.15, -0.1) is 24.8 Å². The van der Waals surface area contributed by atoms with Crippen LogP contribution in [-0.4, -0.2) is 45.3 Å². The van der Waals surface area contributed by atoms with Crippen molar-refractivity contribution in [3.63, 3.8) is 0 Å². The number of ether oxygens (including phenoxy) is 2. The minimum Gasteiger partial charge on any atom is -0.493 e. The molecule has 1 aliphatic carbocycles. The molecule has 1 aromatic carbocycles. The van der Waals surface area contributed by atoms with E-state index in [0.717, 1.165) is 31.7 Å². The van der Waals surface area contributed by atoms with Crippen molar-refractivity contribution in [2.24, 2.45) is 5.92 Å². The second-order valence-electron chi connectivity index (χ2n) is 5.80. The fraction of sp³-hybridized carbons (Fsp3) is 0.625. The lowest BCUT2D eigenvalue weighted by Crippen LogP contribution is -2.45. The Bertz CT molecular complexity index is 509. The van der Waals surface area contributed by atoms with Crippen LogP contribution in [0.3, 0.4) is 0 Å². The van der Waals surface area contributed by atoms with E-state index in [1.807, 2.05) is 6.07 Å². The van der Waals surface area contributed by atoms with Gasteiger partial charge in [0.1, 0.15) is 5.82 Å². The zero-order chi connectivity index (χ0) is 14.8. The molecule has 3 rings (SSSR count). The van der Waals surface area contributed by atoms with Gasteiger partial charge in [0.15, 0.2) is 11.5 Å².